The van der Waals surface area contributed by atoms with Crippen molar-refractivity contribution in [2.75, 3.05) is 24.3 Å². The lowest BCUT2D eigenvalue weighted by molar-refractivity contribution is -0.171. The number of hydrogen-bond acceptors (Lipinski definition) is 4. The van der Waals surface area contributed by atoms with Gasteiger partial charge in [0.05, 0.1) is 7.11 Å². The number of nitrogens with zero attached hydrogens (tertiary/aromatic N) is 1. The van der Waals surface area contributed by atoms with Crippen LogP contribution < -0.4 is 10.6 Å². The van der Waals surface area contributed by atoms with Gasteiger partial charge in [-0.1, -0.05) is 6.07 Å². The Morgan fingerprint density at radius 3 is 2.47 bits per heavy atom. The molecule has 1 aromatic carbocycles. The molecule has 104 valence electrons. The molecular weight excluding hydrogens is 265 g/mol. The number of hydrogen-bond donors (Lipinski definition) is 1. The number of nitrogens with two attached hydrogens (primary N) is 1. The maximum absolute atomic E-state index is 12.5. The number of carbonyl (C=O) groups excluding carboxylic acids is 2. The molecule has 1 aromatic rings. The summed E-state index contributed by atoms with van der Waals surface area (Å²) in [5, 5.41) is 0. The number of benzene rings is 1. The van der Waals surface area contributed by atoms with Crippen molar-refractivity contribution >= 4 is 23.3 Å². The van der Waals surface area contributed by atoms with Crippen molar-refractivity contribution in [2.45, 2.75) is 6.18 Å². The third kappa shape index (κ3) is 3.87. The second-order valence-electron chi connectivity index (χ2n) is 3.56. The molecule has 2 N–H and O–H groups in total. The number of alkyl halides is 3. The van der Waals surface area contributed by atoms with Crippen molar-refractivity contribution in [1.29, 1.82) is 0 Å². The maximum Gasteiger partial charge on any atom is 0.471 e. The van der Waals surface area contributed by atoms with E-state index in [1.54, 1.807) is 0 Å². The Balaban J connectivity index is 3.12. The molecule has 0 fully saturated rings. The van der Waals surface area contributed by atoms with Gasteiger partial charge in [-0.15, -0.1) is 0 Å². The Hall–Kier alpha value is -2.25. The smallest absolute Gasteiger partial charge is 0.468 e. The summed E-state index contributed by atoms with van der Waals surface area (Å²) in [6.45, 7) is -0.849. The van der Waals surface area contributed by atoms with Crippen LogP contribution in [-0.4, -0.2) is 31.7 Å². The normalized spacial score (nSPS) is 10.9. The lowest BCUT2D eigenvalue weighted by Gasteiger charge is -2.22. The summed E-state index contributed by atoms with van der Waals surface area (Å²) in [4.78, 5) is 22.6. The van der Waals surface area contributed by atoms with E-state index in [2.05, 4.69) is 4.74 Å². The van der Waals surface area contributed by atoms with Crippen LogP contribution in [0.1, 0.15) is 0 Å². The molecule has 0 saturated heterocycles. The second-order valence-corrected chi connectivity index (χ2v) is 3.56. The van der Waals surface area contributed by atoms with Crippen molar-refractivity contribution in [3.63, 3.8) is 0 Å². The summed E-state index contributed by atoms with van der Waals surface area (Å²) in [5.41, 5.74) is 5.47. The van der Waals surface area contributed by atoms with Gasteiger partial charge in [0.1, 0.15) is 6.54 Å². The van der Waals surface area contributed by atoms with E-state index in [0.29, 0.717) is 0 Å². The van der Waals surface area contributed by atoms with Crippen LogP contribution in [0.3, 0.4) is 0 Å². The molecule has 1 amide bonds. The van der Waals surface area contributed by atoms with Gasteiger partial charge in [0, 0.05) is 11.4 Å². The van der Waals surface area contributed by atoms with Gasteiger partial charge in [-0.2, -0.15) is 13.2 Å². The van der Waals surface area contributed by atoms with Crippen LogP contribution in [-0.2, 0) is 14.3 Å². The van der Waals surface area contributed by atoms with Crippen LogP contribution in [0, 0.1) is 0 Å². The van der Waals surface area contributed by atoms with Crippen LogP contribution >= 0.6 is 0 Å². The first-order chi connectivity index (χ1) is 8.75. The number of amides is 1. The van der Waals surface area contributed by atoms with Crippen LogP contribution in [0.5, 0.6) is 0 Å². The van der Waals surface area contributed by atoms with Gasteiger partial charge < -0.3 is 10.5 Å². The monoisotopic (exact) mass is 276 g/mol. The van der Waals surface area contributed by atoms with Crippen LogP contribution in [0.15, 0.2) is 24.3 Å². The number of carbonyl (C=O) groups is 2. The summed E-state index contributed by atoms with van der Waals surface area (Å²) in [7, 11) is 1.01. The zero-order valence-corrected chi connectivity index (χ0v) is 9.90. The van der Waals surface area contributed by atoms with E-state index < -0.39 is 24.6 Å². The molecule has 0 aliphatic heterocycles. The zero-order chi connectivity index (χ0) is 14.6. The molecule has 0 bridgehead atoms. The topological polar surface area (TPSA) is 72.6 Å². The third-order valence-corrected chi connectivity index (χ3v) is 2.18. The molecule has 0 radical (unpaired) electrons. The summed E-state index contributed by atoms with van der Waals surface area (Å²) in [6.07, 6.45) is -5.10. The average molecular weight is 276 g/mol. The first kappa shape index (κ1) is 14.8. The van der Waals surface area contributed by atoms with E-state index in [9.17, 15) is 22.8 Å². The fourth-order valence-corrected chi connectivity index (χ4v) is 1.32. The first-order valence-electron chi connectivity index (χ1n) is 5.06. The number of anilines is 2. The van der Waals surface area contributed by atoms with Crippen molar-refractivity contribution in [3.05, 3.63) is 24.3 Å². The average Bonchev–Trinajstić information content (AvgIpc) is 2.33. The van der Waals surface area contributed by atoms with Gasteiger partial charge in [-0.3, -0.25) is 14.5 Å². The molecule has 1 rings (SSSR count). The highest BCUT2D eigenvalue weighted by Crippen LogP contribution is 2.24. The highest BCUT2D eigenvalue weighted by Gasteiger charge is 2.43. The third-order valence-electron chi connectivity index (χ3n) is 2.18. The van der Waals surface area contributed by atoms with Gasteiger partial charge in [0.2, 0.25) is 0 Å². The molecule has 19 heavy (non-hydrogen) atoms. The fraction of sp³-hybridized carbons (Fsp3) is 0.273. The standard InChI is InChI=1S/C11H11F3N2O3/c1-19-9(17)6-16(10(18)11(12,13)14)8-4-2-3-7(15)5-8/h2-5H,6,15H2,1H3. The summed E-state index contributed by atoms with van der Waals surface area (Å²) in [6, 6.07) is 5.21. The quantitative estimate of drug-likeness (QED) is 0.668. The Bertz CT molecular complexity index is 488. The SMILES string of the molecule is COC(=O)CN(C(=O)C(F)(F)F)c1cccc(N)c1. The molecule has 0 aromatic heterocycles. The van der Waals surface area contributed by atoms with Gasteiger partial charge in [0.25, 0.3) is 0 Å². The molecule has 0 saturated carbocycles. The summed E-state index contributed by atoms with van der Waals surface area (Å²) < 4.78 is 41.7. The summed E-state index contributed by atoms with van der Waals surface area (Å²) in [5.74, 6) is -3.14. The Morgan fingerprint density at radius 2 is 2.00 bits per heavy atom. The minimum Gasteiger partial charge on any atom is -0.468 e. The second kappa shape index (κ2) is 5.59. The zero-order valence-electron chi connectivity index (χ0n) is 9.90. The number of ether oxygens (including phenoxy) is 1. The molecule has 0 unspecified atom stereocenters. The van der Waals surface area contributed by atoms with E-state index in [1.165, 1.54) is 18.2 Å². The fourth-order valence-electron chi connectivity index (χ4n) is 1.32. The van der Waals surface area contributed by atoms with Gasteiger partial charge >= 0.3 is 18.1 Å². The summed E-state index contributed by atoms with van der Waals surface area (Å²) >= 11 is 0. The van der Waals surface area contributed by atoms with E-state index in [1.807, 2.05) is 0 Å². The number of methoxy groups -OCH3 is 1. The van der Waals surface area contributed by atoms with Crippen molar-refractivity contribution in [3.8, 4) is 0 Å². The number of rotatable bonds is 3. The van der Waals surface area contributed by atoms with Crippen LogP contribution in [0.4, 0.5) is 24.5 Å². The van der Waals surface area contributed by atoms with Gasteiger partial charge in [-0.05, 0) is 18.2 Å². The number of halogens is 3. The molecule has 0 atom stereocenters. The molecule has 5 nitrogen and oxygen atoms in total. The predicted octanol–water partition coefficient (Wildman–Crippen LogP) is 1.34. The minimum atomic E-state index is -5.10. The maximum atomic E-state index is 12.5. The molecule has 0 aliphatic rings. The largest absolute Gasteiger partial charge is 0.471 e. The van der Waals surface area contributed by atoms with E-state index in [-0.39, 0.29) is 16.3 Å². The minimum absolute atomic E-state index is 0.132. The molecular formula is C11H11F3N2O3. The number of esters is 1. The van der Waals surface area contributed by atoms with Crippen molar-refractivity contribution in [1.82, 2.24) is 0 Å². The molecule has 0 aliphatic carbocycles. The Labute approximate surface area is 106 Å². The Morgan fingerprint density at radius 1 is 1.37 bits per heavy atom. The van der Waals surface area contributed by atoms with E-state index >= 15 is 0 Å². The lowest BCUT2D eigenvalue weighted by atomic mass is 10.2. The lowest BCUT2D eigenvalue weighted by Crippen LogP contribution is -2.44. The van der Waals surface area contributed by atoms with Crippen LogP contribution in [0.2, 0.25) is 0 Å². The molecule has 0 spiro atoms. The predicted molar refractivity (Wildman–Crippen MR) is 61.3 cm³/mol. The number of nitrogen functional groups attached to an aromatic ring is 1. The first-order valence-corrected chi connectivity index (χ1v) is 5.06. The highest BCUT2D eigenvalue weighted by atomic mass is 19.4. The highest BCUT2D eigenvalue weighted by molar-refractivity contribution is 6.01. The van der Waals surface area contributed by atoms with Crippen LogP contribution in [0.25, 0.3) is 0 Å². The van der Waals surface area contributed by atoms with E-state index in [0.717, 1.165) is 13.2 Å². The van der Waals surface area contributed by atoms with Gasteiger partial charge in [0.15, 0.2) is 0 Å². The van der Waals surface area contributed by atoms with Crippen molar-refractivity contribution in [2.24, 2.45) is 0 Å². The molecule has 0 heterocycles. The van der Waals surface area contributed by atoms with E-state index in [4.69, 9.17) is 5.73 Å². The van der Waals surface area contributed by atoms with Crippen molar-refractivity contribution < 1.29 is 27.5 Å². The Kier molecular flexibility index (Phi) is 4.36. The van der Waals surface area contributed by atoms with Gasteiger partial charge in [-0.25, -0.2) is 0 Å². The molecule has 8 heteroatoms.